The highest BCUT2D eigenvalue weighted by atomic mass is 19.1. The number of halogens is 2. The summed E-state index contributed by atoms with van der Waals surface area (Å²) in [5.41, 5.74) is 4.62. The Labute approximate surface area is 246 Å². The van der Waals surface area contributed by atoms with Crippen LogP contribution < -0.4 is 9.80 Å². The number of ketones is 1. The second kappa shape index (κ2) is 12.8. The quantitative estimate of drug-likeness (QED) is 0.250. The Morgan fingerprint density at radius 2 is 0.905 bits per heavy atom. The summed E-state index contributed by atoms with van der Waals surface area (Å²) < 4.78 is 29.1. The standard InChI is InChI=1S/C35H36F2N4O/c36-29-11-13-31(33(23-29)40-19-15-38(16-20-40)25-27-7-3-1-4-8-27)35(42)32-14-12-30(37)24-34(32)41-21-17-39(18-22-41)26-28-9-5-2-6-10-28/h1-14,23-24H,15-22,25-26H2. The average Bonchev–Trinajstić information content (AvgIpc) is 3.02. The van der Waals surface area contributed by atoms with Gasteiger partial charge in [-0.25, -0.2) is 8.78 Å². The molecule has 6 rings (SSSR count). The number of carbonyl (C=O) groups is 1. The minimum absolute atomic E-state index is 0.210. The van der Waals surface area contributed by atoms with Gasteiger partial charge in [-0.2, -0.15) is 0 Å². The molecule has 2 aliphatic rings. The summed E-state index contributed by atoms with van der Waals surface area (Å²) in [7, 11) is 0. The van der Waals surface area contributed by atoms with E-state index >= 15 is 0 Å². The maximum atomic E-state index is 14.5. The van der Waals surface area contributed by atoms with E-state index in [1.54, 1.807) is 12.1 Å². The molecule has 2 fully saturated rings. The minimum atomic E-state index is -0.373. The number of hydrogen-bond donors (Lipinski definition) is 0. The van der Waals surface area contributed by atoms with Crippen molar-refractivity contribution in [3.8, 4) is 0 Å². The third-order valence-corrected chi connectivity index (χ3v) is 8.33. The average molecular weight is 567 g/mol. The molecule has 0 radical (unpaired) electrons. The van der Waals surface area contributed by atoms with E-state index < -0.39 is 0 Å². The first-order valence-electron chi connectivity index (χ1n) is 14.7. The van der Waals surface area contributed by atoms with E-state index in [2.05, 4.69) is 43.9 Å². The van der Waals surface area contributed by atoms with Crippen LogP contribution in [0.25, 0.3) is 0 Å². The summed E-state index contributed by atoms with van der Waals surface area (Å²) in [6, 6.07) is 29.5. The van der Waals surface area contributed by atoms with Crippen LogP contribution in [0.1, 0.15) is 27.0 Å². The number of rotatable bonds is 8. The molecule has 0 N–H and O–H groups in total. The Kier molecular flexibility index (Phi) is 8.58. The van der Waals surface area contributed by atoms with Crippen molar-refractivity contribution in [3.05, 3.63) is 131 Å². The highest BCUT2D eigenvalue weighted by molar-refractivity contribution is 6.15. The number of benzene rings is 4. The molecule has 0 unspecified atom stereocenters. The molecular weight excluding hydrogens is 530 g/mol. The topological polar surface area (TPSA) is 30.0 Å². The predicted molar refractivity (Wildman–Crippen MR) is 164 cm³/mol. The van der Waals surface area contributed by atoms with Gasteiger partial charge in [0.05, 0.1) is 11.4 Å². The Morgan fingerprint density at radius 3 is 1.29 bits per heavy atom. The van der Waals surface area contributed by atoms with Crippen LogP contribution >= 0.6 is 0 Å². The molecule has 0 atom stereocenters. The van der Waals surface area contributed by atoms with Crippen molar-refractivity contribution in [1.82, 2.24) is 9.80 Å². The van der Waals surface area contributed by atoms with Crippen LogP contribution in [0.4, 0.5) is 20.2 Å². The lowest BCUT2D eigenvalue weighted by Crippen LogP contribution is -2.46. The summed E-state index contributed by atoms with van der Waals surface area (Å²) in [5.74, 6) is -0.956. The van der Waals surface area contributed by atoms with Crippen LogP contribution in [0.5, 0.6) is 0 Å². The number of carbonyl (C=O) groups excluding carboxylic acids is 1. The van der Waals surface area contributed by atoms with Crippen molar-refractivity contribution >= 4 is 17.2 Å². The van der Waals surface area contributed by atoms with Crippen molar-refractivity contribution in [1.29, 1.82) is 0 Å². The largest absolute Gasteiger partial charge is 0.368 e. The molecule has 7 heteroatoms. The summed E-state index contributed by atoms with van der Waals surface area (Å²) in [6.07, 6.45) is 0. The third-order valence-electron chi connectivity index (χ3n) is 8.33. The summed E-state index contributed by atoms with van der Waals surface area (Å²) in [5, 5.41) is 0. The molecule has 4 aromatic carbocycles. The molecule has 0 bridgehead atoms. The number of hydrogen-bond acceptors (Lipinski definition) is 5. The van der Waals surface area contributed by atoms with Crippen LogP contribution in [-0.2, 0) is 13.1 Å². The molecule has 0 saturated carbocycles. The SMILES string of the molecule is O=C(c1ccc(F)cc1N1CCN(Cc2ccccc2)CC1)c1ccc(F)cc1N1CCN(Cc2ccccc2)CC1. The molecule has 5 nitrogen and oxygen atoms in total. The molecule has 0 amide bonds. The highest BCUT2D eigenvalue weighted by Crippen LogP contribution is 2.31. The second-order valence-corrected chi connectivity index (χ2v) is 11.1. The zero-order chi connectivity index (χ0) is 28.9. The minimum Gasteiger partial charge on any atom is -0.368 e. The van der Waals surface area contributed by atoms with Gasteiger partial charge in [0.15, 0.2) is 5.78 Å². The van der Waals surface area contributed by atoms with Crippen molar-refractivity contribution in [2.75, 3.05) is 62.2 Å². The molecule has 0 spiro atoms. The number of anilines is 2. The van der Waals surface area contributed by atoms with Crippen molar-refractivity contribution in [2.45, 2.75) is 13.1 Å². The summed E-state index contributed by atoms with van der Waals surface area (Å²) in [6.45, 7) is 7.74. The maximum absolute atomic E-state index is 14.5. The van der Waals surface area contributed by atoms with Gasteiger partial charge in [0.2, 0.25) is 0 Å². The first-order valence-corrected chi connectivity index (χ1v) is 14.7. The van der Waals surface area contributed by atoms with E-state index in [0.29, 0.717) is 48.7 Å². The Balaban J connectivity index is 1.18. The highest BCUT2D eigenvalue weighted by Gasteiger charge is 2.27. The Hall–Kier alpha value is -4.07. The van der Waals surface area contributed by atoms with E-state index in [1.807, 2.05) is 36.4 Å². The molecule has 2 saturated heterocycles. The summed E-state index contributed by atoms with van der Waals surface area (Å²) in [4.78, 5) is 23.0. The van der Waals surface area contributed by atoms with Crippen LogP contribution in [0.2, 0.25) is 0 Å². The fourth-order valence-corrected chi connectivity index (χ4v) is 6.04. The van der Waals surface area contributed by atoms with Crippen LogP contribution in [0, 0.1) is 11.6 Å². The lowest BCUT2D eigenvalue weighted by atomic mass is 9.98. The maximum Gasteiger partial charge on any atom is 0.197 e. The van der Waals surface area contributed by atoms with Gasteiger partial charge in [-0.15, -0.1) is 0 Å². The predicted octanol–water partition coefficient (Wildman–Crippen LogP) is 5.84. The van der Waals surface area contributed by atoms with Crippen LogP contribution in [0.15, 0.2) is 97.1 Å². The lowest BCUT2D eigenvalue weighted by molar-refractivity contribution is 0.103. The van der Waals surface area contributed by atoms with Gasteiger partial charge in [0.1, 0.15) is 11.6 Å². The first kappa shape index (κ1) is 28.1. The van der Waals surface area contributed by atoms with E-state index in [9.17, 15) is 13.6 Å². The van der Waals surface area contributed by atoms with E-state index in [0.717, 1.165) is 39.3 Å². The van der Waals surface area contributed by atoms with Gasteiger partial charge < -0.3 is 9.80 Å². The molecule has 0 aromatic heterocycles. The zero-order valence-corrected chi connectivity index (χ0v) is 23.8. The van der Waals surface area contributed by atoms with E-state index in [-0.39, 0.29) is 17.4 Å². The van der Waals surface area contributed by atoms with Crippen LogP contribution in [0.3, 0.4) is 0 Å². The zero-order valence-electron chi connectivity index (χ0n) is 23.8. The molecule has 4 aromatic rings. The Morgan fingerprint density at radius 1 is 0.524 bits per heavy atom. The molecule has 42 heavy (non-hydrogen) atoms. The summed E-state index contributed by atoms with van der Waals surface area (Å²) >= 11 is 0. The molecule has 2 heterocycles. The number of piperazine rings is 2. The van der Waals surface area contributed by atoms with Crippen molar-refractivity contribution in [3.63, 3.8) is 0 Å². The van der Waals surface area contributed by atoms with Gasteiger partial charge in [-0.3, -0.25) is 14.6 Å². The van der Waals surface area contributed by atoms with Gasteiger partial charge in [-0.1, -0.05) is 60.7 Å². The smallest absolute Gasteiger partial charge is 0.197 e. The monoisotopic (exact) mass is 566 g/mol. The molecular formula is C35H36F2N4O. The second-order valence-electron chi connectivity index (χ2n) is 11.1. The fourth-order valence-electron chi connectivity index (χ4n) is 6.04. The first-order chi connectivity index (χ1) is 20.5. The van der Waals surface area contributed by atoms with Crippen molar-refractivity contribution in [2.24, 2.45) is 0 Å². The normalized spacial score (nSPS) is 16.5. The third kappa shape index (κ3) is 6.53. The van der Waals surface area contributed by atoms with Gasteiger partial charge in [0, 0.05) is 76.6 Å². The molecule has 0 aliphatic carbocycles. The van der Waals surface area contributed by atoms with Gasteiger partial charge >= 0.3 is 0 Å². The van der Waals surface area contributed by atoms with E-state index in [1.165, 1.54) is 35.4 Å². The van der Waals surface area contributed by atoms with Crippen LogP contribution in [-0.4, -0.2) is 67.9 Å². The Bertz CT molecular complexity index is 1390. The fraction of sp³-hybridized carbons (Fsp3) is 0.286. The molecule has 2 aliphatic heterocycles. The number of nitrogens with zero attached hydrogens (tertiary/aromatic N) is 4. The van der Waals surface area contributed by atoms with E-state index in [4.69, 9.17) is 0 Å². The lowest BCUT2D eigenvalue weighted by Gasteiger charge is -2.38. The van der Waals surface area contributed by atoms with Crippen molar-refractivity contribution < 1.29 is 13.6 Å². The molecule has 216 valence electrons. The van der Waals surface area contributed by atoms with Gasteiger partial charge in [-0.05, 0) is 47.5 Å². The van der Waals surface area contributed by atoms with Gasteiger partial charge in [0.25, 0.3) is 0 Å².